The van der Waals surface area contributed by atoms with Crippen molar-refractivity contribution in [2.24, 2.45) is 5.84 Å². The molecule has 21 heavy (non-hydrogen) atoms. The quantitative estimate of drug-likeness (QED) is 0.503. The van der Waals surface area contributed by atoms with Gasteiger partial charge in [-0.25, -0.2) is 15.8 Å². The molecular formula is C12H21F3N6. The molecule has 1 aromatic rings. The second-order valence-electron chi connectivity index (χ2n) is 4.47. The van der Waals surface area contributed by atoms with Gasteiger partial charge in [-0.15, -0.1) is 0 Å². The van der Waals surface area contributed by atoms with Gasteiger partial charge in [-0.05, 0) is 19.5 Å². The van der Waals surface area contributed by atoms with E-state index in [1.165, 1.54) is 6.07 Å². The van der Waals surface area contributed by atoms with Crippen molar-refractivity contribution >= 4 is 11.6 Å². The molecule has 0 aliphatic heterocycles. The molecule has 4 N–H and O–H groups in total. The average Bonchev–Trinajstić information content (AvgIpc) is 2.45. The molecule has 0 saturated carbocycles. The van der Waals surface area contributed by atoms with Crippen LogP contribution in [0.1, 0.15) is 26.1 Å². The Bertz CT molecular complexity index is 437. The number of nitrogen functional groups attached to an aromatic ring is 1. The fourth-order valence-electron chi connectivity index (χ4n) is 1.82. The Morgan fingerprint density at radius 1 is 1.19 bits per heavy atom. The number of nitrogens with one attached hydrogen (secondary N) is 2. The predicted molar refractivity (Wildman–Crippen MR) is 75.7 cm³/mol. The Balaban J connectivity index is 2.70. The number of alkyl halides is 3. The number of aromatic nitrogens is 2. The van der Waals surface area contributed by atoms with Gasteiger partial charge in [-0.3, -0.25) is 0 Å². The molecule has 0 bridgehead atoms. The van der Waals surface area contributed by atoms with E-state index >= 15 is 0 Å². The van der Waals surface area contributed by atoms with Crippen molar-refractivity contribution in [3.05, 3.63) is 11.9 Å². The molecule has 1 rings (SSSR count). The fraction of sp³-hybridized carbons (Fsp3) is 0.667. The van der Waals surface area contributed by atoms with E-state index in [0.29, 0.717) is 6.54 Å². The molecule has 0 amide bonds. The van der Waals surface area contributed by atoms with Crippen molar-refractivity contribution in [3.8, 4) is 0 Å². The van der Waals surface area contributed by atoms with E-state index in [4.69, 9.17) is 5.84 Å². The largest absolute Gasteiger partial charge is 0.451 e. The van der Waals surface area contributed by atoms with Crippen LogP contribution in [0.3, 0.4) is 0 Å². The molecule has 120 valence electrons. The molecule has 0 aliphatic rings. The third-order valence-corrected chi connectivity index (χ3v) is 2.85. The number of nitrogens with two attached hydrogens (primary N) is 1. The zero-order valence-electron chi connectivity index (χ0n) is 12.2. The molecule has 0 spiro atoms. The highest BCUT2D eigenvalue weighted by atomic mass is 19.4. The standard InChI is InChI=1S/C12H21F3N6/c1-3-6-21(4-2)7-5-17-9-8-10(20-16)19-11(18-9)12(13,14)15/h8H,3-7,16H2,1-2H3,(H2,17,18,19,20). The Kier molecular flexibility index (Phi) is 6.63. The van der Waals surface area contributed by atoms with E-state index in [9.17, 15) is 13.2 Å². The summed E-state index contributed by atoms with van der Waals surface area (Å²) in [6, 6.07) is 1.34. The Morgan fingerprint density at radius 2 is 1.86 bits per heavy atom. The molecule has 0 aliphatic carbocycles. The lowest BCUT2D eigenvalue weighted by atomic mass is 10.4. The first kappa shape index (κ1) is 17.4. The van der Waals surface area contributed by atoms with Gasteiger partial charge in [0, 0.05) is 19.2 Å². The van der Waals surface area contributed by atoms with Crippen LogP contribution in [0.15, 0.2) is 6.07 Å². The first-order valence-corrected chi connectivity index (χ1v) is 6.79. The molecular weight excluding hydrogens is 285 g/mol. The zero-order valence-corrected chi connectivity index (χ0v) is 12.2. The Hall–Kier alpha value is -1.61. The number of likely N-dealkylation sites (N-methyl/N-ethyl adjacent to an activating group) is 1. The van der Waals surface area contributed by atoms with Gasteiger partial charge in [0.1, 0.15) is 11.6 Å². The highest BCUT2D eigenvalue weighted by Gasteiger charge is 2.35. The summed E-state index contributed by atoms with van der Waals surface area (Å²) in [6.45, 7) is 7.18. The SMILES string of the molecule is CCCN(CC)CCNc1cc(NN)nc(C(F)(F)F)n1. The van der Waals surface area contributed by atoms with Crippen LogP contribution in [0, 0.1) is 0 Å². The molecule has 0 atom stereocenters. The van der Waals surface area contributed by atoms with Gasteiger partial charge in [0.2, 0.25) is 5.82 Å². The van der Waals surface area contributed by atoms with Crippen molar-refractivity contribution in [3.63, 3.8) is 0 Å². The molecule has 0 unspecified atom stereocenters. The fourth-order valence-corrected chi connectivity index (χ4v) is 1.82. The zero-order chi connectivity index (χ0) is 15.9. The molecule has 0 radical (unpaired) electrons. The van der Waals surface area contributed by atoms with Crippen LogP contribution in [0.25, 0.3) is 0 Å². The summed E-state index contributed by atoms with van der Waals surface area (Å²) in [4.78, 5) is 8.94. The average molecular weight is 306 g/mol. The molecule has 9 heteroatoms. The second-order valence-corrected chi connectivity index (χ2v) is 4.47. The van der Waals surface area contributed by atoms with Crippen LogP contribution in [-0.2, 0) is 6.18 Å². The lowest BCUT2D eigenvalue weighted by molar-refractivity contribution is -0.144. The molecule has 1 aromatic heterocycles. The Labute approximate surface area is 121 Å². The summed E-state index contributed by atoms with van der Waals surface area (Å²) < 4.78 is 38.0. The third-order valence-electron chi connectivity index (χ3n) is 2.85. The van der Waals surface area contributed by atoms with Gasteiger partial charge in [0.05, 0.1) is 0 Å². The number of hydrogen-bond acceptors (Lipinski definition) is 6. The van der Waals surface area contributed by atoms with E-state index in [1.54, 1.807) is 0 Å². The van der Waals surface area contributed by atoms with Crippen LogP contribution in [0.4, 0.5) is 24.8 Å². The van der Waals surface area contributed by atoms with Crippen LogP contribution >= 0.6 is 0 Å². The number of halogens is 3. The summed E-state index contributed by atoms with van der Waals surface area (Å²) in [5.74, 6) is 3.92. The van der Waals surface area contributed by atoms with E-state index in [2.05, 4.69) is 32.5 Å². The second kappa shape index (κ2) is 7.99. The molecule has 0 aromatic carbocycles. The topological polar surface area (TPSA) is 79.1 Å². The van der Waals surface area contributed by atoms with Crippen molar-refractivity contribution < 1.29 is 13.2 Å². The smallest absolute Gasteiger partial charge is 0.369 e. The molecule has 0 fully saturated rings. The van der Waals surface area contributed by atoms with Crippen molar-refractivity contribution in [2.45, 2.75) is 26.4 Å². The summed E-state index contributed by atoms with van der Waals surface area (Å²) in [5.41, 5.74) is 2.11. The maximum atomic E-state index is 12.7. The predicted octanol–water partition coefficient (Wildman–Crippen LogP) is 1.92. The number of rotatable bonds is 8. The minimum atomic E-state index is -4.61. The van der Waals surface area contributed by atoms with E-state index in [0.717, 1.165) is 26.1 Å². The lowest BCUT2D eigenvalue weighted by Crippen LogP contribution is -2.30. The summed E-state index contributed by atoms with van der Waals surface area (Å²) in [5, 5.41) is 2.87. The third kappa shape index (κ3) is 5.72. The molecule has 1 heterocycles. The maximum Gasteiger partial charge on any atom is 0.451 e. The maximum absolute atomic E-state index is 12.7. The Morgan fingerprint density at radius 3 is 2.38 bits per heavy atom. The van der Waals surface area contributed by atoms with E-state index < -0.39 is 12.0 Å². The number of nitrogens with zero attached hydrogens (tertiary/aromatic N) is 3. The van der Waals surface area contributed by atoms with Crippen molar-refractivity contribution in [1.82, 2.24) is 14.9 Å². The lowest BCUT2D eigenvalue weighted by Gasteiger charge is -2.20. The van der Waals surface area contributed by atoms with Gasteiger partial charge in [0.15, 0.2) is 0 Å². The van der Waals surface area contributed by atoms with E-state index in [-0.39, 0.29) is 11.6 Å². The van der Waals surface area contributed by atoms with Gasteiger partial charge >= 0.3 is 6.18 Å². The minimum Gasteiger partial charge on any atom is -0.369 e. The van der Waals surface area contributed by atoms with Gasteiger partial charge in [0.25, 0.3) is 0 Å². The monoisotopic (exact) mass is 306 g/mol. The number of hydrazine groups is 1. The van der Waals surface area contributed by atoms with Gasteiger partial charge < -0.3 is 15.6 Å². The normalized spacial score (nSPS) is 11.8. The number of hydrogen-bond donors (Lipinski definition) is 3. The first-order chi connectivity index (χ1) is 9.90. The summed E-state index contributed by atoms with van der Waals surface area (Å²) in [7, 11) is 0. The van der Waals surface area contributed by atoms with Gasteiger partial charge in [-0.2, -0.15) is 13.2 Å². The van der Waals surface area contributed by atoms with Crippen LogP contribution in [0.2, 0.25) is 0 Å². The van der Waals surface area contributed by atoms with Crippen LogP contribution in [0.5, 0.6) is 0 Å². The van der Waals surface area contributed by atoms with Crippen molar-refractivity contribution in [2.75, 3.05) is 36.9 Å². The van der Waals surface area contributed by atoms with Crippen LogP contribution in [-0.4, -0.2) is 41.0 Å². The van der Waals surface area contributed by atoms with Crippen LogP contribution < -0.4 is 16.6 Å². The van der Waals surface area contributed by atoms with Gasteiger partial charge in [-0.1, -0.05) is 13.8 Å². The van der Waals surface area contributed by atoms with E-state index in [1.807, 2.05) is 6.92 Å². The summed E-state index contributed by atoms with van der Waals surface area (Å²) in [6.07, 6.45) is -3.58. The first-order valence-electron chi connectivity index (χ1n) is 6.79. The highest BCUT2D eigenvalue weighted by molar-refractivity contribution is 5.47. The highest BCUT2D eigenvalue weighted by Crippen LogP contribution is 2.28. The summed E-state index contributed by atoms with van der Waals surface area (Å²) >= 11 is 0. The molecule has 6 nitrogen and oxygen atoms in total. The molecule has 0 saturated heterocycles. The van der Waals surface area contributed by atoms with Crippen molar-refractivity contribution in [1.29, 1.82) is 0 Å². The number of anilines is 2. The minimum absolute atomic E-state index is 0.0827.